The molecule has 29 heavy (non-hydrogen) atoms. The molecular weight excluding hydrogens is 398 g/mol. The smallest absolute Gasteiger partial charge is 0.336 e. The Hall–Kier alpha value is -2.58. The molecular formula is C20H26ClN3O5. The molecule has 3 N–H and O–H groups in total. The molecule has 0 spiro atoms. The molecule has 3 rings (SSSR count). The van der Waals surface area contributed by atoms with Crippen molar-refractivity contribution in [1.82, 2.24) is 10.2 Å². The minimum atomic E-state index is -0.437. The number of hydrogen-bond donors (Lipinski definition) is 2. The van der Waals surface area contributed by atoms with Crippen molar-refractivity contribution < 1.29 is 18.7 Å². The van der Waals surface area contributed by atoms with E-state index in [1.165, 1.54) is 6.07 Å². The molecule has 158 valence electrons. The minimum Gasteiger partial charge on any atom is -0.484 e. The number of rotatable bonds is 7. The first-order valence-corrected chi connectivity index (χ1v) is 9.50. The van der Waals surface area contributed by atoms with Crippen molar-refractivity contribution in [3.05, 3.63) is 40.8 Å². The normalized spacial score (nSPS) is 16.2. The van der Waals surface area contributed by atoms with Gasteiger partial charge in [-0.05, 0) is 37.5 Å². The minimum absolute atomic E-state index is 0. The van der Waals surface area contributed by atoms with E-state index in [1.807, 2.05) is 0 Å². The van der Waals surface area contributed by atoms with Crippen molar-refractivity contribution in [2.75, 3.05) is 26.2 Å². The predicted octanol–water partition coefficient (Wildman–Crippen LogP) is 1.44. The number of carbonyl (C=O) groups is 2. The molecule has 8 nitrogen and oxygen atoms in total. The van der Waals surface area contributed by atoms with Crippen LogP contribution in [0.1, 0.15) is 25.7 Å². The number of carbonyl (C=O) groups excluding carboxylic acids is 2. The molecule has 2 amide bonds. The van der Waals surface area contributed by atoms with Crippen LogP contribution in [-0.4, -0.2) is 49.0 Å². The lowest BCUT2D eigenvalue weighted by molar-refractivity contribution is -0.137. The van der Waals surface area contributed by atoms with Crippen LogP contribution in [0.2, 0.25) is 0 Å². The quantitative estimate of drug-likeness (QED) is 0.651. The molecule has 9 heteroatoms. The lowest BCUT2D eigenvalue weighted by atomic mass is 10.0. The van der Waals surface area contributed by atoms with E-state index in [1.54, 1.807) is 29.2 Å². The predicted molar refractivity (Wildman–Crippen MR) is 111 cm³/mol. The third-order valence-corrected chi connectivity index (χ3v) is 4.81. The summed E-state index contributed by atoms with van der Waals surface area (Å²) in [5.41, 5.74) is 5.36. The SMILES string of the molecule is Cl.NCCC(=O)NCC1CCCCN1C(=O)COc1ccc2ccc(=O)oc2c1. The average Bonchev–Trinajstić information content (AvgIpc) is 2.70. The third-order valence-electron chi connectivity index (χ3n) is 4.81. The summed E-state index contributed by atoms with van der Waals surface area (Å²) in [7, 11) is 0. The number of halogens is 1. The molecule has 1 aliphatic heterocycles. The molecule has 1 unspecified atom stereocenters. The molecule has 0 bridgehead atoms. The summed E-state index contributed by atoms with van der Waals surface area (Å²) in [6.45, 7) is 1.26. The highest BCUT2D eigenvalue weighted by Gasteiger charge is 2.27. The first kappa shape index (κ1) is 22.7. The van der Waals surface area contributed by atoms with E-state index in [9.17, 15) is 14.4 Å². The van der Waals surface area contributed by atoms with Crippen LogP contribution in [0.5, 0.6) is 5.75 Å². The van der Waals surface area contributed by atoms with Crippen LogP contribution < -0.4 is 21.4 Å². The van der Waals surface area contributed by atoms with Crippen LogP contribution in [0.4, 0.5) is 0 Å². The molecule has 1 aliphatic rings. The summed E-state index contributed by atoms with van der Waals surface area (Å²) >= 11 is 0. The highest BCUT2D eigenvalue weighted by molar-refractivity contribution is 5.85. The zero-order valence-corrected chi connectivity index (χ0v) is 16.9. The maximum atomic E-state index is 12.7. The monoisotopic (exact) mass is 423 g/mol. The number of fused-ring (bicyclic) bond motifs is 1. The van der Waals surface area contributed by atoms with E-state index < -0.39 is 5.63 Å². The van der Waals surface area contributed by atoms with Gasteiger partial charge in [-0.25, -0.2) is 4.79 Å². The van der Waals surface area contributed by atoms with Gasteiger partial charge in [-0.1, -0.05) is 0 Å². The molecule has 1 saturated heterocycles. The fourth-order valence-electron chi connectivity index (χ4n) is 3.35. The Bertz CT molecular complexity index is 901. The standard InChI is InChI=1S/C20H25N3O5.ClH/c21-9-8-18(24)22-12-15-3-1-2-10-23(15)19(25)13-27-16-6-4-14-5-7-20(26)28-17(14)11-16;/h4-7,11,15H,1-3,8-10,12-13,21H2,(H,22,24);1H. The average molecular weight is 424 g/mol. The van der Waals surface area contributed by atoms with Crippen molar-refractivity contribution in [1.29, 1.82) is 0 Å². The summed E-state index contributed by atoms with van der Waals surface area (Å²) < 4.78 is 10.8. The van der Waals surface area contributed by atoms with Gasteiger partial charge in [0.25, 0.3) is 5.91 Å². The van der Waals surface area contributed by atoms with Crippen molar-refractivity contribution in [3.8, 4) is 5.75 Å². The third kappa shape index (κ3) is 6.20. The molecule has 0 aliphatic carbocycles. The number of nitrogens with zero attached hydrogens (tertiary/aromatic N) is 1. The zero-order chi connectivity index (χ0) is 19.9. The number of ether oxygens (including phenoxy) is 1. The van der Waals surface area contributed by atoms with Gasteiger partial charge in [0, 0.05) is 49.6 Å². The second-order valence-corrected chi connectivity index (χ2v) is 6.82. The Balaban J connectivity index is 0.00000300. The number of nitrogens with one attached hydrogen (secondary N) is 1. The lowest BCUT2D eigenvalue weighted by Gasteiger charge is -2.35. The fourth-order valence-corrected chi connectivity index (χ4v) is 3.35. The molecule has 2 heterocycles. The Morgan fingerprint density at radius 2 is 2.03 bits per heavy atom. The van der Waals surface area contributed by atoms with Gasteiger partial charge >= 0.3 is 5.63 Å². The summed E-state index contributed by atoms with van der Waals surface area (Å²) in [5.74, 6) is 0.224. The molecule has 1 atom stereocenters. The summed E-state index contributed by atoms with van der Waals surface area (Å²) in [6, 6.07) is 8.10. The Kier molecular flexibility index (Phi) is 8.48. The van der Waals surface area contributed by atoms with Crippen LogP contribution in [0, 0.1) is 0 Å². The van der Waals surface area contributed by atoms with Gasteiger partial charge in [-0.3, -0.25) is 9.59 Å². The highest BCUT2D eigenvalue weighted by Crippen LogP contribution is 2.21. The molecule has 1 aromatic heterocycles. The van der Waals surface area contributed by atoms with Crippen LogP contribution in [0.25, 0.3) is 11.0 Å². The van der Waals surface area contributed by atoms with Crippen molar-refractivity contribution in [2.24, 2.45) is 5.73 Å². The van der Waals surface area contributed by atoms with Crippen molar-refractivity contribution >= 4 is 35.2 Å². The van der Waals surface area contributed by atoms with Gasteiger partial charge in [-0.2, -0.15) is 0 Å². The van der Waals surface area contributed by atoms with Crippen LogP contribution in [-0.2, 0) is 9.59 Å². The van der Waals surface area contributed by atoms with Gasteiger partial charge in [-0.15, -0.1) is 12.4 Å². The van der Waals surface area contributed by atoms with Gasteiger partial charge in [0.1, 0.15) is 11.3 Å². The lowest BCUT2D eigenvalue weighted by Crippen LogP contribution is -2.50. The van der Waals surface area contributed by atoms with Gasteiger partial charge in [0.05, 0.1) is 0 Å². The number of amides is 2. The topological polar surface area (TPSA) is 115 Å². The Labute approximate surface area is 174 Å². The molecule has 0 radical (unpaired) electrons. The van der Waals surface area contributed by atoms with Gasteiger partial charge < -0.3 is 25.1 Å². The van der Waals surface area contributed by atoms with Crippen molar-refractivity contribution in [2.45, 2.75) is 31.7 Å². The number of likely N-dealkylation sites (tertiary alicyclic amines) is 1. The Morgan fingerprint density at radius 1 is 1.24 bits per heavy atom. The summed E-state index contributed by atoms with van der Waals surface area (Å²) in [4.78, 5) is 37.4. The fraction of sp³-hybridized carbons (Fsp3) is 0.450. The van der Waals surface area contributed by atoms with Crippen LogP contribution in [0.15, 0.2) is 39.5 Å². The maximum absolute atomic E-state index is 12.7. The number of hydrogen-bond acceptors (Lipinski definition) is 6. The molecule has 0 saturated carbocycles. The molecule has 2 aromatic rings. The molecule has 1 aromatic carbocycles. The first-order chi connectivity index (χ1) is 13.6. The second kappa shape index (κ2) is 10.8. The van der Waals surface area contributed by atoms with E-state index in [2.05, 4.69) is 5.32 Å². The number of piperidine rings is 1. The zero-order valence-electron chi connectivity index (χ0n) is 16.1. The second-order valence-electron chi connectivity index (χ2n) is 6.82. The van der Waals surface area contributed by atoms with E-state index in [0.29, 0.717) is 31.0 Å². The van der Waals surface area contributed by atoms with E-state index in [0.717, 1.165) is 24.6 Å². The van der Waals surface area contributed by atoms with Crippen LogP contribution >= 0.6 is 12.4 Å². The van der Waals surface area contributed by atoms with Gasteiger partial charge in [0.2, 0.25) is 5.91 Å². The molecule has 1 fully saturated rings. The van der Waals surface area contributed by atoms with Gasteiger partial charge in [0.15, 0.2) is 6.61 Å². The highest BCUT2D eigenvalue weighted by atomic mass is 35.5. The van der Waals surface area contributed by atoms with Crippen LogP contribution in [0.3, 0.4) is 0 Å². The number of benzene rings is 1. The summed E-state index contributed by atoms with van der Waals surface area (Å²) in [6.07, 6.45) is 3.07. The van der Waals surface area contributed by atoms with E-state index in [-0.39, 0.29) is 43.3 Å². The summed E-state index contributed by atoms with van der Waals surface area (Å²) in [5, 5.41) is 3.62. The largest absolute Gasteiger partial charge is 0.484 e. The van der Waals surface area contributed by atoms with E-state index in [4.69, 9.17) is 14.9 Å². The van der Waals surface area contributed by atoms with E-state index >= 15 is 0 Å². The maximum Gasteiger partial charge on any atom is 0.336 e. The number of nitrogens with two attached hydrogens (primary N) is 1. The van der Waals surface area contributed by atoms with Crippen molar-refractivity contribution in [3.63, 3.8) is 0 Å². The first-order valence-electron chi connectivity index (χ1n) is 9.50. The Morgan fingerprint density at radius 3 is 2.83 bits per heavy atom.